The third-order valence-electron chi connectivity index (χ3n) is 2.50. The van der Waals surface area contributed by atoms with Gasteiger partial charge in [0.1, 0.15) is 11.5 Å². The minimum Gasteiger partial charge on any atom is -0.494 e. The van der Waals surface area contributed by atoms with E-state index < -0.39 is 5.97 Å². The van der Waals surface area contributed by atoms with E-state index in [1.807, 2.05) is 31.2 Å². The van der Waals surface area contributed by atoms with Gasteiger partial charge in [-0.25, -0.2) is 4.79 Å². The Hall–Kier alpha value is -2.00. The second kappa shape index (κ2) is 7.70. The number of carbonyl (C=O) groups excluding carboxylic acids is 1. The van der Waals surface area contributed by atoms with Gasteiger partial charge in [-0.05, 0) is 78.0 Å². The molecule has 0 aliphatic heterocycles. The molecule has 0 heterocycles. The van der Waals surface area contributed by atoms with Crippen LogP contribution >= 0.6 is 22.6 Å². The van der Waals surface area contributed by atoms with Gasteiger partial charge < -0.3 is 9.47 Å². The van der Waals surface area contributed by atoms with Crippen LogP contribution in [0.25, 0.3) is 0 Å². The summed E-state index contributed by atoms with van der Waals surface area (Å²) in [5, 5.41) is 0. The van der Waals surface area contributed by atoms with Crippen molar-refractivity contribution in [2.24, 2.45) is 0 Å². The maximum atomic E-state index is 11.6. The molecule has 0 unspecified atom stereocenters. The van der Waals surface area contributed by atoms with Crippen molar-refractivity contribution in [1.29, 1.82) is 0 Å². The molecule has 0 radical (unpaired) electrons. The zero-order chi connectivity index (χ0) is 15.1. The molecule has 0 N–H and O–H groups in total. The SMILES string of the molecule is CCOc1ccc(OC(=O)C#Cc2ccc(I)cc2)cc1. The van der Waals surface area contributed by atoms with Crippen LogP contribution in [0.5, 0.6) is 11.5 Å². The Labute approximate surface area is 137 Å². The van der Waals surface area contributed by atoms with Gasteiger partial charge in [0.25, 0.3) is 0 Å². The molecular formula is C17H13IO3. The molecule has 0 bridgehead atoms. The van der Waals surface area contributed by atoms with Crippen LogP contribution in [0.4, 0.5) is 0 Å². The molecule has 106 valence electrons. The molecule has 0 aliphatic carbocycles. The van der Waals surface area contributed by atoms with E-state index in [-0.39, 0.29) is 0 Å². The first-order valence-electron chi connectivity index (χ1n) is 6.39. The Morgan fingerprint density at radius 1 is 1.05 bits per heavy atom. The van der Waals surface area contributed by atoms with Crippen molar-refractivity contribution in [2.45, 2.75) is 6.92 Å². The summed E-state index contributed by atoms with van der Waals surface area (Å²) in [5.74, 6) is 5.83. The molecule has 21 heavy (non-hydrogen) atoms. The zero-order valence-electron chi connectivity index (χ0n) is 11.4. The zero-order valence-corrected chi connectivity index (χ0v) is 13.6. The summed E-state index contributed by atoms with van der Waals surface area (Å²) < 4.78 is 11.6. The van der Waals surface area contributed by atoms with E-state index in [1.165, 1.54) is 0 Å². The monoisotopic (exact) mass is 392 g/mol. The van der Waals surface area contributed by atoms with E-state index in [0.717, 1.165) is 14.9 Å². The van der Waals surface area contributed by atoms with Crippen molar-refractivity contribution in [1.82, 2.24) is 0 Å². The summed E-state index contributed by atoms with van der Waals surface area (Å²) in [6.07, 6.45) is 0. The highest BCUT2D eigenvalue weighted by Crippen LogP contribution is 2.17. The van der Waals surface area contributed by atoms with Gasteiger partial charge in [-0.1, -0.05) is 5.92 Å². The lowest BCUT2D eigenvalue weighted by molar-refractivity contribution is -0.128. The van der Waals surface area contributed by atoms with Gasteiger partial charge in [0, 0.05) is 15.1 Å². The van der Waals surface area contributed by atoms with Crippen LogP contribution in [-0.2, 0) is 4.79 Å². The summed E-state index contributed by atoms with van der Waals surface area (Å²) in [4.78, 5) is 11.6. The Bertz CT molecular complexity index is 664. The molecule has 0 atom stereocenters. The van der Waals surface area contributed by atoms with Crippen LogP contribution in [0.1, 0.15) is 12.5 Å². The van der Waals surface area contributed by atoms with Gasteiger partial charge in [-0.15, -0.1) is 0 Å². The molecule has 4 heteroatoms. The standard InChI is InChI=1S/C17H13IO3/c1-2-20-15-8-10-16(11-9-15)21-17(19)12-5-13-3-6-14(18)7-4-13/h3-4,6-11H,2H2,1H3. The van der Waals surface area contributed by atoms with E-state index in [2.05, 4.69) is 34.4 Å². The lowest BCUT2D eigenvalue weighted by Crippen LogP contribution is -2.04. The Kier molecular flexibility index (Phi) is 5.64. The highest BCUT2D eigenvalue weighted by atomic mass is 127. The average molecular weight is 392 g/mol. The van der Waals surface area contributed by atoms with Crippen molar-refractivity contribution >= 4 is 28.6 Å². The van der Waals surface area contributed by atoms with E-state index in [0.29, 0.717) is 12.4 Å². The lowest BCUT2D eigenvalue weighted by atomic mass is 10.2. The highest BCUT2D eigenvalue weighted by molar-refractivity contribution is 14.1. The normalized spacial score (nSPS) is 9.43. The lowest BCUT2D eigenvalue weighted by Gasteiger charge is -2.03. The summed E-state index contributed by atoms with van der Waals surface area (Å²) in [6.45, 7) is 2.51. The topological polar surface area (TPSA) is 35.5 Å². The van der Waals surface area contributed by atoms with Gasteiger partial charge in [0.15, 0.2) is 0 Å². The third-order valence-corrected chi connectivity index (χ3v) is 3.22. The number of ether oxygens (including phenoxy) is 2. The van der Waals surface area contributed by atoms with Crippen LogP contribution in [0.2, 0.25) is 0 Å². The first-order chi connectivity index (χ1) is 10.2. The van der Waals surface area contributed by atoms with Crippen LogP contribution in [-0.4, -0.2) is 12.6 Å². The first kappa shape index (κ1) is 15.4. The number of esters is 1. The smallest absolute Gasteiger partial charge is 0.390 e. The fraction of sp³-hybridized carbons (Fsp3) is 0.118. The minimum absolute atomic E-state index is 0.445. The predicted octanol–water partition coefficient (Wildman–Crippen LogP) is 3.65. The number of halogens is 1. The Balaban J connectivity index is 1.97. The van der Waals surface area contributed by atoms with Gasteiger partial charge in [-0.3, -0.25) is 0 Å². The molecule has 0 aliphatic rings. The second-order valence-corrected chi connectivity index (χ2v) is 5.30. The molecular weight excluding hydrogens is 379 g/mol. The van der Waals surface area contributed by atoms with Gasteiger partial charge >= 0.3 is 5.97 Å². The molecule has 2 rings (SSSR count). The van der Waals surface area contributed by atoms with Crippen molar-refractivity contribution in [2.75, 3.05) is 6.61 Å². The number of hydrogen-bond acceptors (Lipinski definition) is 3. The molecule has 3 nitrogen and oxygen atoms in total. The summed E-state index contributed by atoms with van der Waals surface area (Å²) in [6, 6.07) is 14.4. The quantitative estimate of drug-likeness (QED) is 0.346. The van der Waals surface area contributed by atoms with Crippen molar-refractivity contribution in [3.05, 3.63) is 57.7 Å². The fourth-order valence-electron chi connectivity index (χ4n) is 1.56. The second-order valence-electron chi connectivity index (χ2n) is 4.05. The predicted molar refractivity (Wildman–Crippen MR) is 89.3 cm³/mol. The number of rotatable bonds is 3. The number of carbonyl (C=O) groups is 1. The molecule has 0 saturated heterocycles. The average Bonchev–Trinajstić information content (AvgIpc) is 2.49. The van der Waals surface area contributed by atoms with Gasteiger partial charge in [0.05, 0.1) is 6.61 Å². The summed E-state index contributed by atoms with van der Waals surface area (Å²) >= 11 is 2.21. The highest BCUT2D eigenvalue weighted by Gasteiger charge is 2.01. The van der Waals surface area contributed by atoms with Crippen LogP contribution < -0.4 is 9.47 Å². The Morgan fingerprint density at radius 2 is 1.67 bits per heavy atom. The van der Waals surface area contributed by atoms with E-state index in [1.54, 1.807) is 24.3 Å². The van der Waals surface area contributed by atoms with Crippen molar-refractivity contribution in [3.63, 3.8) is 0 Å². The van der Waals surface area contributed by atoms with E-state index in [4.69, 9.17) is 9.47 Å². The van der Waals surface area contributed by atoms with Crippen molar-refractivity contribution in [3.8, 4) is 23.3 Å². The Morgan fingerprint density at radius 3 is 2.29 bits per heavy atom. The molecule has 0 fully saturated rings. The van der Waals surface area contributed by atoms with Crippen LogP contribution in [0.15, 0.2) is 48.5 Å². The summed E-state index contributed by atoms with van der Waals surface area (Å²) in [5.41, 5.74) is 0.777. The van der Waals surface area contributed by atoms with Crippen LogP contribution in [0.3, 0.4) is 0 Å². The molecule has 0 aromatic heterocycles. The molecule has 0 amide bonds. The van der Waals surface area contributed by atoms with Gasteiger partial charge in [0.2, 0.25) is 0 Å². The molecule has 2 aromatic rings. The van der Waals surface area contributed by atoms with E-state index >= 15 is 0 Å². The van der Waals surface area contributed by atoms with Crippen LogP contribution in [0, 0.1) is 15.4 Å². The fourth-order valence-corrected chi connectivity index (χ4v) is 1.92. The van der Waals surface area contributed by atoms with Crippen molar-refractivity contribution < 1.29 is 14.3 Å². The molecule has 0 saturated carbocycles. The largest absolute Gasteiger partial charge is 0.494 e. The third kappa shape index (κ3) is 5.12. The number of hydrogen-bond donors (Lipinski definition) is 0. The molecule has 0 spiro atoms. The maximum Gasteiger partial charge on any atom is 0.390 e. The number of benzene rings is 2. The maximum absolute atomic E-state index is 11.6. The molecule has 2 aromatic carbocycles. The first-order valence-corrected chi connectivity index (χ1v) is 7.47. The van der Waals surface area contributed by atoms with E-state index in [9.17, 15) is 4.79 Å². The summed E-state index contributed by atoms with van der Waals surface area (Å²) in [7, 11) is 0. The minimum atomic E-state index is -0.585. The van der Waals surface area contributed by atoms with Gasteiger partial charge in [-0.2, -0.15) is 0 Å².